The van der Waals surface area contributed by atoms with Crippen molar-refractivity contribution < 1.29 is 14.3 Å². The number of hydrogen-bond acceptors (Lipinski definition) is 4. The lowest BCUT2D eigenvalue weighted by molar-refractivity contribution is -0.161. The van der Waals surface area contributed by atoms with Gasteiger partial charge in [-0.15, -0.1) is 0 Å². The van der Waals surface area contributed by atoms with Crippen LogP contribution in [0.25, 0.3) is 0 Å². The lowest BCUT2D eigenvalue weighted by Gasteiger charge is -2.42. The van der Waals surface area contributed by atoms with Gasteiger partial charge in [-0.25, -0.2) is 4.79 Å². The van der Waals surface area contributed by atoms with E-state index < -0.39 is 5.60 Å². The molecule has 3 atom stereocenters. The first kappa shape index (κ1) is 15.0. The number of benzene rings is 1. The predicted molar refractivity (Wildman–Crippen MR) is 82.9 cm³/mol. The summed E-state index contributed by atoms with van der Waals surface area (Å²) in [5.41, 5.74) is 0.755. The SMILES string of the molecule is COC(=O)COC1(c2cccc(Br)c2)CCC2CC1CN2. The minimum Gasteiger partial charge on any atom is -0.467 e. The number of hydrogen-bond donors (Lipinski definition) is 1. The van der Waals surface area contributed by atoms with Crippen molar-refractivity contribution >= 4 is 21.9 Å². The summed E-state index contributed by atoms with van der Waals surface area (Å²) in [5, 5.41) is 3.55. The predicted octanol–water partition coefficient (Wildman–Crippen LogP) is 2.61. The van der Waals surface area contributed by atoms with E-state index in [-0.39, 0.29) is 12.6 Å². The first-order valence-corrected chi connectivity index (χ1v) is 8.13. The third-order valence-electron chi connectivity index (χ3n) is 4.73. The molecule has 21 heavy (non-hydrogen) atoms. The number of carbonyl (C=O) groups is 1. The van der Waals surface area contributed by atoms with E-state index in [4.69, 9.17) is 9.47 Å². The summed E-state index contributed by atoms with van der Waals surface area (Å²) in [6, 6.07) is 8.83. The fraction of sp³-hybridized carbons (Fsp3) is 0.562. The molecule has 2 bridgehead atoms. The first-order valence-electron chi connectivity index (χ1n) is 7.34. The molecule has 0 amide bonds. The highest BCUT2D eigenvalue weighted by atomic mass is 79.9. The standard InChI is InChI=1S/C16H20BrNO3/c1-20-15(19)10-21-16(11-3-2-4-13(17)7-11)6-5-14-8-12(16)9-18-14/h2-4,7,12,14,18H,5-6,8-10H2,1H3. The van der Waals surface area contributed by atoms with E-state index in [9.17, 15) is 4.79 Å². The summed E-state index contributed by atoms with van der Waals surface area (Å²) in [5.74, 6) is 0.0765. The zero-order valence-corrected chi connectivity index (χ0v) is 13.7. The quantitative estimate of drug-likeness (QED) is 0.845. The molecule has 2 aliphatic rings. The van der Waals surface area contributed by atoms with Crippen LogP contribution in [0.4, 0.5) is 0 Å². The largest absolute Gasteiger partial charge is 0.467 e. The molecule has 1 aliphatic carbocycles. The fourth-order valence-corrected chi connectivity index (χ4v) is 4.04. The molecule has 5 heteroatoms. The number of methoxy groups -OCH3 is 1. The van der Waals surface area contributed by atoms with Gasteiger partial charge in [0.2, 0.25) is 0 Å². The first-order chi connectivity index (χ1) is 10.1. The molecule has 1 saturated heterocycles. The number of halogens is 1. The fourth-order valence-electron chi connectivity index (χ4n) is 3.64. The summed E-state index contributed by atoms with van der Waals surface area (Å²) in [6.45, 7) is 0.947. The molecule has 0 radical (unpaired) electrons. The third kappa shape index (κ3) is 2.87. The zero-order chi connectivity index (χ0) is 14.9. The maximum absolute atomic E-state index is 11.5. The molecule has 114 valence electrons. The second-order valence-electron chi connectivity index (χ2n) is 5.84. The summed E-state index contributed by atoms with van der Waals surface area (Å²) in [7, 11) is 1.39. The van der Waals surface area contributed by atoms with Crippen molar-refractivity contribution in [2.24, 2.45) is 5.92 Å². The highest BCUT2D eigenvalue weighted by Gasteiger charge is 2.49. The Labute approximate surface area is 133 Å². The van der Waals surface area contributed by atoms with E-state index in [2.05, 4.69) is 33.4 Å². The Morgan fingerprint density at radius 2 is 2.38 bits per heavy atom. The summed E-state index contributed by atoms with van der Waals surface area (Å²) in [6.07, 6.45) is 3.11. The van der Waals surface area contributed by atoms with Crippen LogP contribution in [0.3, 0.4) is 0 Å². The van der Waals surface area contributed by atoms with Crippen LogP contribution in [-0.4, -0.2) is 32.3 Å². The van der Waals surface area contributed by atoms with Gasteiger partial charge in [0, 0.05) is 23.0 Å². The van der Waals surface area contributed by atoms with E-state index >= 15 is 0 Å². The van der Waals surface area contributed by atoms with Gasteiger partial charge in [-0.3, -0.25) is 0 Å². The average molecular weight is 354 g/mol. The van der Waals surface area contributed by atoms with Crippen molar-refractivity contribution in [3.05, 3.63) is 34.3 Å². The molecule has 1 aromatic carbocycles. The Bertz CT molecular complexity index is 536. The minimum atomic E-state index is -0.391. The van der Waals surface area contributed by atoms with Crippen LogP contribution in [0.5, 0.6) is 0 Å². The maximum Gasteiger partial charge on any atom is 0.331 e. The average Bonchev–Trinajstić information content (AvgIpc) is 2.90. The molecule has 3 rings (SSSR count). The van der Waals surface area contributed by atoms with Gasteiger partial charge in [0.15, 0.2) is 0 Å². The zero-order valence-electron chi connectivity index (χ0n) is 12.1. The molecule has 0 spiro atoms. The van der Waals surface area contributed by atoms with E-state index in [0.717, 1.165) is 35.8 Å². The molecular weight excluding hydrogens is 334 g/mol. The highest BCUT2D eigenvalue weighted by Crippen LogP contribution is 2.47. The van der Waals surface area contributed by atoms with Crippen molar-refractivity contribution in [3.63, 3.8) is 0 Å². The van der Waals surface area contributed by atoms with Crippen molar-refractivity contribution in [2.45, 2.75) is 30.9 Å². The van der Waals surface area contributed by atoms with Gasteiger partial charge in [-0.1, -0.05) is 28.1 Å². The van der Waals surface area contributed by atoms with Gasteiger partial charge in [0.1, 0.15) is 6.61 Å². The van der Waals surface area contributed by atoms with Gasteiger partial charge in [-0.2, -0.15) is 0 Å². The van der Waals surface area contributed by atoms with Crippen LogP contribution in [0.2, 0.25) is 0 Å². The second-order valence-corrected chi connectivity index (χ2v) is 6.76. The van der Waals surface area contributed by atoms with Crippen LogP contribution in [-0.2, 0) is 19.9 Å². The Morgan fingerprint density at radius 3 is 3.14 bits per heavy atom. The van der Waals surface area contributed by atoms with Gasteiger partial charge >= 0.3 is 5.97 Å². The smallest absolute Gasteiger partial charge is 0.331 e. The van der Waals surface area contributed by atoms with Crippen molar-refractivity contribution in [1.82, 2.24) is 5.32 Å². The second kappa shape index (κ2) is 6.07. The topological polar surface area (TPSA) is 47.6 Å². The number of ether oxygens (including phenoxy) is 2. The van der Waals surface area contributed by atoms with E-state index in [1.54, 1.807) is 0 Å². The van der Waals surface area contributed by atoms with E-state index in [1.807, 2.05) is 12.1 Å². The Balaban J connectivity index is 1.92. The molecule has 4 nitrogen and oxygen atoms in total. The van der Waals surface area contributed by atoms with Gasteiger partial charge in [-0.05, 0) is 37.0 Å². The van der Waals surface area contributed by atoms with E-state index in [1.165, 1.54) is 7.11 Å². The van der Waals surface area contributed by atoms with Gasteiger partial charge in [0.05, 0.1) is 12.7 Å². The van der Waals surface area contributed by atoms with Crippen LogP contribution in [0, 0.1) is 5.92 Å². The summed E-state index contributed by atoms with van der Waals surface area (Å²) >= 11 is 3.54. The van der Waals surface area contributed by atoms with Crippen LogP contribution < -0.4 is 5.32 Å². The normalized spacial score (nSPS) is 31.1. The Kier molecular flexibility index (Phi) is 4.33. The number of esters is 1. The molecule has 2 fully saturated rings. The number of nitrogens with one attached hydrogen (secondary N) is 1. The maximum atomic E-state index is 11.5. The van der Waals surface area contributed by atoms with Gasteiger partial charge < -0.3 is 14.8 Å². The summed E-state index contributed by atoms with van der Waals surface area (Å²) < 4.78 is 11.9. The molecule has 1 aromatic rings. The van der Waals surface area contributed by atoms with Crippen molar-refractivity contribution in [1.29, 1.82) is 0 Å². The molecular formula is C16H20BrNO3. The number of fused-ring (bicyclic) bond motifs is 2. The monoisotopic (exact) mass is 353 g/mol. The molecule has 1 saturated carbocycles. The van der Waals surface area contributed by atoms with Crippen LogP contribution >= 0.6 is 15.9 Å². The van der Waals surface area contributed by atoms with Crippen molar-refractivity contribution in [3.8, 4) is 0 Å². The third-order valence-corrected chi connectivity index (χ3v) is 5.23. The molecule has 0 aromatic heterocycles. The van der Waals surface area contributed by atoms with Crippen LogP contribution in [0.1, 0.15) is 24.8 Å². The van der Waals surface area contributed by atoms with Crippen LogP contribution in [0.15, 0.2) is 28.7 Å². The Hall–Kier alpha value is -0.910. The lowest BCUT2D eigenvalue weighted by Crippen LogP contribution is -2.42. The number of carbonyl (C=O) groups excluding carboxylic acids is 1. The van der Waals surface area contributed by atoms with Crippen molar-refractivity contribution in [2.75, 3.05) is 20.3 Å². The molecule has 1 N–H and O–H groups in total. The highest BCUT2D eigenvalue weighted by molar-refractivity contribution is 9.10. The Morgan fingerprint density at radius 1 is 1.52 bits per heavy atom. The van der Waals surface area contributed by atoms with Gasteiger partial charge in [0.25, 0.3) is 0 Å². The summed E-state index contributed by atoms with van der Waals surface area (Å²) in [4.78, 5) is 11.5. The molecule has 3 unspecified atom stereocenters. The molecule has 1 heterocycles. The van der Waals surface area contributed by atoms with E-state index in [0.29, 0.717) is 12.0 Å². The number of rotatable bonds is 4. The molecule has 1 aliphatic heterocycles. The lowest BCUT2D eigenvalue weighted by atomic mass is 9.72. The minimum absolute atomic E-state index is 0.00415.